The van der Waals surface area contributed by atoms with Crippen LogP contribution in [0.4, 0.5) is 0 Å². The molecule has 1 atom stereocenters. The van der Waals surface area contributed by atoms with Crippen LogP contribution in [0.1, 0.15) is 0 Å². The largest absolute Gasteiger partial charge is 0.497 e. The van der Waals surface area contributed by atoms with Crippen LogP contribution in [0.5, 0.6) is 5.75 Å². The summed E-state index contributed by atoms with van der Waals surface area (Å²) in [6, 6.07) is 18.6. The molecule has 2 aromatic rings. The maximum absolute atomic E-state index is 5.92. The molecule has 0 amide bonds. The van der Waals surface area contributed by atoms with Gasteiger partial charge in [-0.25, -0.2) is 0 Å². The topological polar surface area (TPSA) is 35.2 Å². The normalized spacial score (nSPS) is 12.1. The predicted octanol–water partition coefficient (Wildman–Crippen LogP) is 2.04. The van der Waals surface area contributed by atoms with E-state index in [9.17, 15) is 0 Å². The molecule has 0 aromatic heterocycles. The van der Waals surface area contributed by atoms with Crippen molar-refractivity contribution in [3.05, 3.63) is 54.6 Å². The van der Waals surface area contributed by atoms with E-state index in [-0.39, 0.29) is 0 Å². The average molecular weight is 245 g/mol. The van der Waals surface area contributed by atoms with E-state index in [4.69, 9.17) is 10.5 Å². The lowest BCUT2D eigenvalue weighted by molar-refractivity contribution is 0.415. The molecule has 0 fully saturated rings. The highest BCUT2D eigenvalue weighted by atomic mass is 31.1. The fourth-order valence-electron chi connectivity index (χ4n) is 1.75. The molecule has 3 heteroatoms. The number of methoxy groups -OCH3 is 1. The van der Waals surface area contributed by atoms with Crippen LogP contribution >= 0.6 is 7.92 Å². The highest BCUT2D eigenvalue weighted by Crippen LogP contribution is 2.31. The summed E-state index contributed by atoms with van der Waals surface area (Å²) in [5.41, 5.74) is 5.92. The third kappa shape index (κ3) is 2.85. The first-order valence-electron chi connectivity index (χ1n) is 5.52. The Kier molecular flexibility index (Phi) is 4.13. The highest BCUT2D eigenvalue weighted by Gasteiger charge is 2.11. The zero-order valence-electron chi connectivity index (χ0n) is 9.84. The molecule has 0 aliphatic heterocycles. The number of hydrogen-bond donors (Lipinski definition) is 1. The molecule has 0 aliphatic carbocycles. The lowest BCUT2D eigenvalue weighted by Crippen LogP contribution is -2.17. The predicted molar refractivity (Wildman–Crippen MR) is 74.7 cm³/mol. The maximum atomic E-state index is 5.92. The lowest BCUT2D eigenvalue weighted by Gasteiger charge is -2.16. The summed E-state index contributed by atoms with van der Waals surface area (Å²) in [6.45, 7) is 0. The van der Waals surface area contributed by atoms with Gasteiger partial charge in [0.1, 0.15) is 5.75 Å². The van der Waals surface area contributed by atoms with Gasteiger partial charge in [0.25, 0.3) is 0 Å². The van der Waals surface area contributed by atoms with Crippen molar-refractivity contribution in [3.63, 3.8) is 0 Å². The molecule has 2 aromatic carbocycles. The average Bonchev–Trinajstić information content (AvgIpc) is 2.41. The Morgan fingerprint density at radius 2 is 1.71 bits per heavy atom. The van der Waals surface area contributed by atoms with Crippen LogP contribution in [-0.2, 0) is 0 Å². The first-order valence-corrected chi connectivity index (χ1v) is 7.04. The quantitative estimate of drug-likeness (QED) is 0.837. The Balaban J connectivity index is 2.35. The van der Waals surface area contributed by atoms with E-state index in [0.717, 1.165) is 5.75 Å². The zero-order valence-corrected chi connectivity index (χ0v) is 10.7. The minimum Gasteiger partial charge on any atom is -0.497 e. The number of ether oxygens (including phenoxy) is 1. The standard InChI is InChI=1S/C14H16NOP/c1-16-12-6-5-9-14(10-12)17(11-15)13-7-3-2-4-8-13/h2-10H,11,15H2,1H3. The molecule has 1 unspecified atom stereocenters. The second-order valence-electron chi connectivity index (χ2n) is 3.65. The molecule has 0 heterocycles. The fourth-order valence-corrected chi connectivity index (χ4v) is 3.55. The third-order valence-corrected chi connectivity index (χ3v) is 4.80. The van der Waals surface area contributed by atoms with E-state index in [2.05, 4.69) is 36.4 Å². The molecule has 2 N–H and O–H groups in total. The second kappa shape index (κ2) is 5.81. The van der Waals surface area contributed by atoms with Gasteiger partial charge in [-0.05, 0) is 30.7 Å². The minimum absolute atomic E-state index is 0.473. The Morgan fingerprint density at radius 1 is 1.00 bits per heavy atom. The van der Waals surface area contributed by atoms with Crippen molar-refractivity contribution in [3.8, 4) is 5.75 Å². The molecule has 2 nitrogen and oxygen atoms in total. The first-order chi connectivity index (χ1) is 8.35. The maximum Gasteiger partial charge on any atom is 0.119 e. The molecule has 0 aliphatic rings. The highest BCUT2D eigenvalue weighted by molar-refractivity contribution is 7.72. The van der Waals surface area contributed by atoms with Gasteiger partial charge in [-0.15, -0.1) is 0 Å². The van der Waals surface area contributed by atoms with Gasteiger partial charge in [0.15, 0.2) is 0 Å². The SMILES string of the molecule is COc1cccc(P(CN)c2ccccc2)c1. The van der Waals surface area contributed by atoms with E-state index in [1.54, 1.807) is 7.11 Å². The summed E-state index contributed by atoms with van der Waals surface area (Å²) in [5.74, 6) is 0.888. The van der Waals surface area contributed by atoms with Crippen molar-refractivity contribution in [2.75, 3.05) is 13.4 Å². The summed E-state index contributed by atoms with van der Waals surface area (Å²) in [6.07, 6.45) is 0.659. The summed E-state index contributed by atoms with van der Waals surface area (Å²) in [7, 11) is 1.21. The Bertz CT molecular complexity index is 473. The molecule has 88 valence electrons. The zero-order chi connectivity index (χ0) is 12.1. The van der Waals surface area contributed by atoms with Gasteiger partial charge in [0.05, 0.1) is 7.11 Å². The van der Waals surface area contributed by atoms with E-state index in [0.29, 0.717) is 6.29 Å². The molecule has 0 bridgehead atoms. The van der Waals surface area contributed by atoms with Gasteiger partial charge in [0.2, 0.25) is 0 Å². The Hall–Kier alpha value is -1.37. The molecular formula is C14H16NOP. The van der Waals surface area contributed by atoms with Crippen molar-refractivity contribution >= 4 is 18.5 Å². The van der Waals surface area contributed by atoms with Gasteiger partial charge >= 0.3 is 0 Å². The van der Waals surface area contributed by atoms with Crippen molar-refractivity contribution in [1.82, 2.24) is 0 Å². The Labute approximate surface area is 103 Å². The molecule has 0 saturated heterocycles. The number of benzene rings is 2. The Morgan fingerprint density at radius 3 is 2.35 bits per heavy atom. The number of hydrogen-bond acceptors (Lipinski definition) is 2. The van der Waals surface area contributed by atoms with Crippen molar-refractivity contribution in [2.24, 2.45) is 5.73 Å². The molecule has 17 heavy (non-hydrogen) atoms. The number of nitrogens with two attached hydrogens (primary N) is 1. The molecular weight excluding hydrogens is 229 g/mol. The van der Waals surface area contributed by atoms with Crippen LogP contribution in [0.15, 0.2) is 54.6 Å². The van der Waals surface area contributed by atoms with Gasteiger partial charge in [-0.2, -0.15) is 0 Å². The van der Waals surface area contributed by atoms with Gasteiger partial charge in [-0.3, -0.25) is 0 Å². The van der Waals surface area contributed by atoms with Crippen molar-refractivity contribution in [1.29, 1.82) is 0 Å². The van der Waals surface area contributed by atoms with Crippen LogP contribution in [0.2, 0.25) is 0 Å². The molecule has 0 radical (unpaired) electrons. The third-order valence-electron chi connectivity index (χ3n) is 2.62. The van der Waals surface area contributed by atoms with E-state index in [1.165, 1.54) is 10.6 Å². The second-order valence-corrected chi connectivity index (χ2v) is 5.90. The van der Waals surface area contributed by atoms with Gasteiger partial charge in [0, 0.05) is 6.29 Å². The van der Waals surface area contributed by atoms with Gasteiger partial charge < -0.3 is 10.5 Å². The summed E-state index contributed by atoms with van der Waals surface area (Å²) < 4.78 is 5.25. The fraction of sp³-hybridized carbons (Fsp3) is 0.143. The lowest BCUT2D eigenvalue weighted by atomic mass is 10.3. The minimum atomic E-state index is -0.473. The van der Waals surface area contributed by atoms with Crippen molar-refractivity contribution in [2.45, 2.75) is 0 Å². The van der Waals surface area contributed by atoms with Crippen LogP contribution in [-0.4, -0.2) is 13.4 Å². The van der Waals surface area contributed by atoms with Crippen LogP contribution in [0.25, 0.3) is 0 Å². The van der Waals surface area contributed by atoms with Gasteiger partial charge in [-0.1, -0.05) is 42.5 Å². The van der Waals surface area contributed by atoms with E-state index < -0.39 is 7.92 Å². The van der Waals surface area contributed by atoms with E-state index >= 15 is 0 Å². The monoisotopic (exact) mass is 245 g/mol. The van der Waals surface area contributed by atoms with Crippen LogP contribution in [0.3, 0.4) is 0 Å². The summed E-state index contributed by atoms with van der Waals surface area (Å²) in [5, 5.41) is 2.56. The molecule has 2 rings (SSSR count). The van der Waals surface area contributed by atoms with Crippen LogP contribution < -0.4 is 21.1 Å². The van der Waals surface area contributed by atoms with Crippen LogP contribution in [0, 0.1) is 0 Å². The first kappa shape index (κ1) is 12.1. The smallest absolute Gasteiger partial charge is 0.119 e. The summed E-state index contributed by atoms with van der Waals surface area (Å²) in [4.78, 5) is 0. The van der Waals surface area contributed by atoms with Crippen molar-refractivity contribution < 1.29 is 4.74 Å². The molecule has 0 spiro atoms. The molecule has 0 saturated carbocycles. The summed E-state index contributed by atoms with van der Waals surface area (Å²) >= 11 is 0. The number of rotatable bonds is 4. The van der Waals surface area contributed by atoms with E-state index in [1.807, 2.05) is 18.2 Å².